The van der Waals surface area contributed by atoms with Crippen LogP contribution in [0, 0.1) is 0 Å². The van der Waals surface area contributed by atoms with Crippen molar-refractivity contribution in [1.29, 1.82) is 0 Å². The van der Waals surface area contributed by atoms with Gasteiger partial charge in [-0.2, -0.15) is 0 Å². The Morgan fingerprint density at radius 1 is 1.07 bits per heavy atom. The SMILES string of the molecule is CCN1CCN(C(=O)c2cccc(C(=O)NCCC3=CCCCC3)c2)CC1. The third-order valence-electron chi connectivity index (χ3n) is 5.60. The van der Waals surface area contributed by atoms with E-state index in [4.69, 9.17) is 0 Å². The van der Waals surface area contributed by atoms with E-state index >= 15 is 0 Å². The molecule has 1 N–H and O–H groups in total. The third kappa shape index (κ3) is 5.42. The molecule has 27 heavy (non-hydrogen) atoms. The maximum absolute atomic E-state index is 12.8. The van der Waals surface area contributed by atoms with Crippen molar-refractivity contribution in [3.05, 3.63) is 47.0 Å². The van der Waals surface area contributed by atoms with Gasteiger partial charge < -0.3 is 15.1 Å². The van der Waals surface area contributed by atoms with Crippen LogP contribution < -0.4 is 5.32 Å². The molecule has 0 saturated carbocycles. The minimum absolute atomic E-state index is 0.0211. The van der Waals surface area contributed by atoms with E-state index in [1.54, 1.807) is 24.3 Å². The second kappa shape index (κ2) is 9.70. The highest BCUT2D eigenvalue weighted by Gasteiger charge is 2.21. The zero-order valence-corrected chi connectivity index (χ0v) is 16.4. The number of likely N-dealkylation sites (N-methyl/N-ethyl adjacent to an activating group) is 1. The Balaban J connectivity index is 1.53. The quantitative estimate of drug-likeness (QED) is 0.784. The van der Waals surface area contributed by atoms with Gasteiger partial charge in [0.1, 0.15) is 0 Å². The van der Waals surface area contributed by atoms with E-state index in [-0.39, 0.29) is 11.8 Å². The van der Waals surface area contributed by atoms with E-state index in [1.807, 2.05) is 4.90 Å². The summed E-state index contributed by atoms with van der Waals surface area (Å²) < 4.78 is 0. The molecular weight excluding hydrogens is 338 g/mol. The number of amides is 2. The number of nitrogens with one attached hydrogen (secondary N) is 1. The van der Waals surface area contributed by atoms with Gasteiger partial charge in [0.05, 0.1) is 0 Å². The summed E-state index contributed by atoms with van der Waals surface area (Å²) in [5.74, 6) is -0.0791. The molecular formula is C22H31N3O2. The topological polar surface area (TPSA) is 52.7 Å². The molecule has 0 spiro atoms. The lowest BCUT2D eigenvalue weighted by Gasteiger charge is -2.34. The van der Waals surface area contributed by atoms with Crippen molar-refractivity contribution in [2.75, 3.05) is 39.3 Å². The molecule has 0 aromatic heterocycles. The highest BCUT2D eigenvalue weighted by Crippen LogP contribution is 2.19. The third-order valence-corrected chi connectivity index (χ3v) is 5.60. The molecule has 1 fully saturated rings. The summed E-state index contributed by atoms with van der Waals surface area (Å²) in [5, 5.41) is 2.99. The van der Waals surface area contributed by atoms with Gasteiger partial charge in [-0.15, -0.1) is 0 Å². The Labute approximate surface area is 162 Å². The highest BCUT2D eigenvalue weighted by molar-refractivity contribution is 5.99. The maximum Gasteiger partial charge on any atom is 0.253 e. The normalized spacial score (nSPS) is 18.1. The Morgan fingerprint density at radius 2 is 1.85 bits per heavy atom. The lowest BCUT2D eigenvalue weighted by Crippen LogP contribution is -2.48. The molecule has 1 aliphatic heterocycles. The van der Waals surface area contributed by atoms with Crippen LogP contribution in [0.3, 0.4) is 0 Å². The molecule has 5 heteroatoms. The number of piperazine rings is 1. The van der Waals surface area contributed by atoms with Crippen molar-refractivity contribution >= 4 is 11.8 Å². The average molecular weight is 370 g/mol. The molecule has 0 radical (unpaired) electrons. The maximum atomic E-state index is 12.8. The van der Waals surface area contributed by atoms with Crippen LogP contribution in [-0.4, -0.2) is 60.9 Å². The summed E-state index contributed by atoms with van der Waals surface area (Å²) in [6.07, 6.45) is 8.10. The molecule has 0 atom stereocenters. The van der Waals surface area contributed by atoms with E-state index < -0.39 is 0 Å². The minimum Gasteiger partial charge on any atom is -0.352 e. The van der Waals surface area contributed by atoms with Crippen LogP contribution >= 0.6 is 0 Å². The van der Waals surface area contributed by atoms with Gasteiger partial charge in [0.2, 0.25) is 0 Å². The van der Waals surface area contributed by atoms with Crippen LogP contribution in [0.25, 0.3) is 0 Å². The summed E-state index contributed by atoms with van der Waals surface area (Å²) in [6, 6.07) is 7.11. The Morgan fingerprint density at radius 3 is 2.56 bits per heavy atom. The number of hydrogen-bond acceptors (Lipinski definition) is 3. The van der Waals surface area contributed by atoms with Gasteiger partial charge in [0, 0.05) is 43.9 Å². The zero-order chi connectivity index (χ0) is 19.1. The summed E-state index contributed by atoms with van der Waals surface area (Å²) in [5.41, 5.74) is 2.62. The molecule has 1 aromatic rings. The molecule has 0 unspecified atom stereocenters. The molecule has 1 aromatic carbocycles. The molecule has 5 nitrogen and oxygen atoms in total. The fourth-order valence-corrected chi connectivity index (χ4v) is 3.81. The van der Waals surface area contributed by atoms with E-state index in [9.17, 15) is 9.59 Å². The second-order valence-corrected chi connectivity index (χ2v) is 7.42. The second-order valence-electron chi connectivity index (χ2n) is 7.42. The van der Waals surface area contributed by atoms with Crippen LogP contribution in [0.1, 0.15) is 59.7 Å². The van der Waals surface area contributed by atoms with Crippen LogP contribution in [0.4, 0.5) is 0 Å². The van der Waals surface area contributed by atoms with E-state index in [1.165, 1.54) is 24.8 Å². The number of benzene rings is 1. The molecule has 1 saturated heterocycles. The molecule has 1 aliphatic carbocycles. The van der Waals surface area contributed by atoms with Gasteiger partial charge in [-0.3, -0.25) is 9.59 Å². The fourth-order valence-electron chi connectivity index (χ4n) is 3.81. The number of rotatable bonds is 6. The van der Waals surface area contributed by atoms with Gasteiger partial charge in [-0.1, -0.05) is 24.6 Å². The van der Waals surface area contributed by atoms with Gasteiger partial charge in [-0.05, 0) is 56.8 Å². The predicted molar refractivity (Wildman–Crippen MR) is 108 cm³/mol. The Kier molecular flexibility index (Phi) is 7.04. The Hall–Kier alpha value is -2.14. The van der Waals surface area contributed by atoms with E-state index in [2.05, 4.69) is 23.2 Å². The van der Waals surface area contributed by atoms with Crippen molar-refractivity contribution in [1.82, 2.24) is 15.1 Å². The first-order valence-corrected chi connectivity index (χ1v) is 10.2. The standard InChI is InChI=1S/C22H31N3O2/c1-2-24-13-15-25(16-14-24)22(27)20-10-6-9-19(17-20)21(26)23-12-11-18-7-4-3-5-8-18/h6-7,9-10,17H,2-5,8,11-16H2,1H3,(H,23,26). The molecule has 2 amide bonds. The van der Waals surface area contributed by atoms with E-state index in [0.717, 1.165) is 45.6 Å². The average Bonchev–Trinajstić information content (AvgIpc) is 2.74. The number of hydrogen-bond donors (Lipinski definition) is 1. The van der Waals surface area contributed by atoms with Crippen LogP contribution in [0.5, 0.6) is 0 Å². The van der Waals surface area contributed by atoms with Crippen molar-refractivity contribution in [2.45, 2.75) is 39.0 Å². The fraction of sp³-hybridized carbons (Fsp3) is 0.545. The number of carbonyl (C=O) groups excluding carboxylic acids is 2. The number of allylic oxidation sites excluding steroid dienone is 1. The van der Waals surface area contributed by atoms with Crippen molar-refractivity contribution in [3.8, 4) is 0 Å². The van der Waals surface area contributed by atoms with Gasteiger partial charge in [0.25, 0.3) is 11.8 Å². The summed E-state index contributed by atoms with van der Waals surface area (Å²) >= 11 is 0. The number of carbonyl (C=O) groups is 2. The summed E-state index contributed by atoms with van der Waals surface area (Å²) in [7, 11) is 0. The molecule has 146 valence electrons. The van der Waals surface area contributed by atoms with Crippen LogP contribution in [0.15, 0.2) is 35.9 Å². The molecule has 1 heterocycles. The van der Waals surface area contributed by atoms with E-state index in [0.29, 0.717) is 17.7 Å². The predicted octanol–water partition coefficient (Wildman–Crippen LogP) is 3.08. The summed E-state index contributed by atoms with van der Waals surface area (Å²) in [6.45, 7) is 7.15. The first-order valence-electron chi connectivity index (χ1n) is 10.2. The zero-order valence-electron chi connectivity index (χ0n) is 16.4. The van der Waals surface area contributed by atoms with Crippen molar-refractivity contribution < 1.29 is 9.59 Å². The first-order chi connectivity index (χ1) is 13.2. The lowest BCUT2D eigenvalue weighted by atomic mass is 9.97. The minimum atomic E-state index is -0.100. The van der Waals surface area contributed by atoms with Crippen molar-refractivity contribution in [3.63, 3.8) is 0 Å². The van der Waals surface area contributed by atoms with Crippen molar-refractivity contribution in [2.24, 2.45) is 0 Å². The Bertz CT molecular complexity index is 691. The lowest BCUT2D eigenvalue weighted by molar-refractivity contribution is 0.0643. The van der Waals surface area contributed by atoms with Gasteiger partial charge in [-0.25, -0.2) is 0 Å². The molecule has 3 rings (SSSR count). The summed E-state index contributed by atoms with van der Waals surface area (Å²) in [4.78, 5) is 29.4. The van der Waals surface area contributed by atoms with Gasteiger partial charge >= 0.3 is 0 Å². The molecule has 0 bridgehead atoms. The van der Waals surface area contributed by atoms with Crippen LogP contribution in [0.2, 0.25) is 0 Å². The highest BCUT2D eigenvalue weighted by atomic mass is 16.2. The number of nitrogens with zero attached hydrogens (tertiary/aromatic N) is 2. The largest absolute Gasteiger partial charge is 0.352 e. The van der Waals surface area contributed by atoms with Gasteiger partial charge in [0.15, 0.2) is 0 Å². The van der Waals surface area contributed by atoms with Crippen LogP contribution in [-0.2, 0) is 0 Å². The monoisotopic (exact) mass is 369 g/mol. The first kappa shape index (κ1) is 19.6. The molecule has 2 aliphatic rings. The smallest absolute Gasteiger partial charge is 0.253 e.